The van der Waals surface area contributed by atoms with Crippen molar-refractivity contribution in [2.75, 3.05) is 26.7 Å². The average Bonchev–Trinajstić information content (AvgIpc) is 3.49. The summed E-state index contributed by atoms with van der Waals surface area (Å²) in [6, 6.07) is 6.54. The third kappa shape index (κ3) is 6.52. The maximum absolute atomic E-state index is 11.7. The van der Waals surface area contributed by atoms with Crippen molar-refractivity contribution in [1.29, 1.82) is 0 Å². The van der Waals surface area contributed by atoms with E-state index in [-0.39, 0.29) is 36.1 Å². The van der Waals surface area contributed by atoms with E-state index < -0.39 is 0 Å². The van der Waals surface area contributed by atoms with Gasteiger partial charge in [-0.1, -0.05) is 25.1 Å². The van der Waals surface area contributed by atoms with Crippen LogP contribution in [0.5, 0.6) is 0 Å². The Morgan fingerprint density at radius 2 is 2.07 bits per heavy atom. The number of aliphatic imine (C=N–C) groups is 1. The minimum atomic E-state index is -0.347. The highest BCUT2D eigenvalue weighted by atomic mass is 127. The van der Waals surface area contributed by atoms with Gasteiger partial charge < -0.3 is 25.7 Å². The largest absolute Gasteiger partial charge is 0.450 e. The van der Waals surface area contributed by atoms with Crippen LogP contribution in [0.15, 0.2) is 29.4 Å². The number of H-pyrrole nitrogens is 1. The third-order valence-corrected chi connectivity index (χ3v) is 5.44. The summed E-state index contributed by atoms with van der Waals surface area (Å²) in [6.07, 6.45) is 5.97. The fourth-order valence-corrected chi connectivity index (χ4v) is 3.68. The number of alkyl carbamates (subject to hydrolysis) is 1. The van der Waals surface area contributed by atoms with Gasteiger partial charge in [-0.2, -0.15) is 0 Å². The van der Waals surface area contributed by atoms with E-state index >= 15 is 0 Å². The predicted molar refractivity (Wildman–Crippen MR) is 133 cm³/mol. The number of aryl methyl sites for hydroxylation is 1. The quantitative estimate of drug-likeness (QED) is 0.228. The molecule has 2 aromatic rings. The van der Waals surface area contributed by atoms with Crippen LogP contribution in [0.2, 0.25) is 0 Å². The second kappa shape index (κ2) is 12.0. The van der Waals surface area contributed by atoms with Crippen LogP contribution in [0.25, 0.3) is 10.9 Å². The van der Waals surface area contributed by atoms with Gasteiger partial charge in [0.25, 0.3) is 0 Å². The molecule has 8 heteroatoms. The Kier molecular flexibility index (Phi) is 9.74. The van der Waals surface area contributed by atoms with Crippen LogP contribution in [-0.4, -0.2) is 49.8 Å². The molecule has 1 aliphatic carbocycles. The average molecular weight is 527 g/mol. The number of nitrogens with one attached hydrogen (secondary N) is 4. The van der Waals surface area contributed by atoms with Crippen LogP contribution in [-0.2, 0) is 17.6 Å². The zero-order valence-corrected chi connectivity index (χ0v) is 20.4. The number of ether oxygens (including phenoxy) is 1. The number of rotatable bonds is 9. The number of guanidine groups is 1. The van der Waals surface area contributed by atoms with Gasteiger partial charge >= 0.3 is 6.09 Å². The Bertz CT molecular complexity index is 847. The van der Waals surface area contributed by atoms with E-state index in [1.807, 2.05) is 6.92 Å². The number of fused-ring (bicyclic) bond motifs is 1. The summed E-state index contributed by atoms with van der Waals surface area (Å²) in [4.78, 5) is 19.5. The monoisotopic (exact) mass is 527 g/mol. The summed E-state index contributed by atoms with van der Waals surface area (Å²) in [5, 5.41) is 11.0. The number of halogens is 1. The summed E-state index contributed by atoms with van der Waals surface area (Å²) in [7, 11) is 1.76. The molecule has 3 rings (SSSR count). The molecule has 30 heavy (non-hydrogen) atoms. The van der Waals surface area contributed by atoms with Gasteiger partial charge in [0, 0.05) is 37.2 Å². The minimum Gasteiger partial charge on any atom is -0.450 e. The van der Waals surface area contributed by atoms with Crippen molar-refractivity contribution >= 4 is 46.9 Å². The fourth-order valence-electron chi connectivity index (χ4n) is 3.68. The molecule has 0 bridgehead atoms. The van der Waals surface area contributed by atoms with Crippen molar-refractivity contribution in [3.8, 4) is 0 Å². The van der Waals surface area contributed by atoms with Crippen molar-refractivity contribution in [2.24, 2.45) is 10.9 Å². The second-order valence-corrected chi connectivity index (χ2v) is 7.45. The van der Waals surface area contributed by atoms with Gasteiger partial charge in [0.05, 0.1) is 12.6 Å². The molecular formula is C22H34IN5O2. The van der Waals surface area contributed by atoms with Gasteiger partial charge in [0.2, 0.25) is 0 Å². The topological polar surface area (TPSA) is 90.5 Å². The highest BCUT2D eigenvalue weighted by Crippen LogP contribution is 2.32. The molecular weight excluding hydrogens is 493 g/mol. The molecule has 1 aromatic carbocycles. The first-order valence-corrected chi connectivity index (χ1v) is 10.6. The third-order valence-electron chi connectivity index (χ3n) is 5.44. The van der Waals surface area contributed by atoms with E-state index in [0.29, 0.717) is 19.1 Å². The van der Waals surface area contributed by atoms with Gasteiger partial charge in [0.15, 0.2) is 5.96 Å². The number of carbonyl (C=O) groups is 1. The molecule has 1 saturated carbocycles. The molecule has 1 atom stereocenters. The van der Waals surface area contributed by atoms with Gasteiger partial charge in [0.1, 0.15) is 0 Å². The smallest absolute Gasteiger partial charge is 0.407 e. The number of benzene rings is 1. The van der Waals surface area contributed by atoms with Gasteiger partial charge in [-0.25, -0.2) is 4.79 Å². The van der Waals surface area contributed by atoms with Crippen LogP contribution < -0.4 is 16.0 Å². The molecule has 166 valence electrons. The van der Waals surface area contributed by atoms with Crippen LogP contribution >= 0.6 is 24.0 Å². The highest BCUT2D eigenvalue weighted by molar-refractivity contribution is 14.0. The molecule has 0 aliphatic heterocycles. The number of hydrogen-bond acceptors (Lipinski definition) is 3. The molecule has 0 radical (unpaired) electrons. The SMILES string of the molecule is CCOC(=O)NC(CNC(=NC)NCCc1c[nH]c2c(CC)cccc12)C1CC1.I. The first-order valence-electron chi connectivity index (χ1n) is 10.6. The van der Waals surface area contributed by atoms with Crippen LogP contribution in [0.3, 0.4) is 0 Å². The van der Waals surface area contributed by atoms with Gasteiger partial charge in [-0.05, 0) is 49.7 Å². The Morgan fingerprint density at radius 3 is 2.73 bits per heavy atom. The molecule has 1 aromatic heterocycles. The Labute approximate surface area is 195 Å². The summed E-state index contributed by atoms with van der Waals surface area (Å²) in [5.74, 6) is 1.26. The van der Waals surface area contributed by atoms with Gasteiger partial charge in [-0.3, -0.25) is 4.99 Å². The molecule has 7 nitrogen and oxygen atoms in total. The summed E-state index contributed by atoms with van der Waals surface area (Å²) >= 11 is 0. The number of hydrogen-bond donors (Lipinski definition) is 4. The summed E-state index contributed by atoms with van der Waals surface area (Å²) in [6.45, 7) is 5.79. The standard InChI is InChI=1S/C22H33N5O2.HI/c1-4-15-7-6-8-18-17(13-25-20(15)18)11-12-24-21(23-3)26-14-19(16-9-10-16)27-22(28)29-5-2;/h6-8,13,16,19,25H,4-5,9-12,14H2,1-3H3,(H,27,28)(H2,23,24,26);1H. The Morgan fingerprint density at radius 1 is 1.27 bits per heavy atom. The van der Waals surface area contributed by atoms with Crippen molar-refractivity contribution in [2.45, 2.75) is 45.6 Å². The highest BCUT2D eigenvalue weighted by Gasteiger charge is 2.32. The van der Waals surface area contributed by atoms with Crippen LogP contribution in [0, 0.1) is 5.92 Å². The zero-order chi connectivity index (χ0) is 20.6. The Hall–Kier alpha value is -1.97. The van der Waals surface area contributed by atoms with E-state index in [9.17, 15) is 4.79 Å². The summed E-state index contributed by atoms with van der Waals surface area (Å²) in [5.41, 5.74) is 3.89. The summed E-state index contributed by atoms with van der Waals surface area (Å²) < 4.78 is 5.01. The number of aromatic nitrogens is 1. The molecule has 1 unspecified atom stereocenters. The number of carbonyl (C=O) groups excluding carboxylic acids is 1. The lowest BCUT2D eigenvalue weighted by molar-refractivity contribution is 0.146. The van der Waals surface area contributed by atoms with Crippen molar-refractivity contribution in [3.63, 3.8) is 0 Å². The molecule has 1 aliphatic rings. The lowest BCUT2D eigenvalue weighted by Gasteiger charge is -2.20. The number of amides is 1. The van der Waals surface area contributed by atoms with Crippen molar-refractivity contribution in [3.05, 3.63) is 35.5 Å². The first kappa shape index (κ1) is 24.3. The van der Waals surface area contributed by atoms with Crippen molar-refractivity contribution in [1.82, 2.24) is 20.9 Å². The lowest BCUT2D eigenvalue weighted by atomic mass is 10.1. The molecule has 4 N–H and O–H groups in total. The first-order chi connectivity index (χ1) is 14.2. The normalized spacial score (nSPS) is 14.7. The van der Waals surface area contributed by atoms with E-state index in [0.717, 1.165) is 38.2 Å². The predicted octanol–water partition coefficient (Wildman–Crippen LogP) is 3.58. The number of aromatic amines is 1. The maximum Gasteiger partial charge on any atom is 0.407 e. The van der Waals surface area contributed by atoms with Gasteiger partial charge in [-0.15, -0.1) is 24.0 Å². The van der Waals surface area contributed by atoms with E-state index in [2.05, 4.69) is 57.2 Å². The number of nitrogens with zero attached hydrogens (tertiary/aromatic N) is 1. The molecule has 0 saturated heterocycles. The van der Waals surface area contributed by atoms with Crippen LogP contribution in [0.4, 0.5) is 4.79 Å². The van der Waals surface area contributed by atoms with E-state index in [1.165, 1.54) is 22.0 Å². The number of para-hydroxylation sites is 1. The van der Waals surface area contributed by atoms with Crippen LogP contribution in [0.1, 0.15) is 37.8 Å². The maximum atomic E-state index is 11.7. The van der Waals surface area contributed by atoms with Crippen molar-refractivity contribution < 1.29 is 9.53 Å². The molecule has 1 fully saturated rings. The molecule has 1 amide bonds. The Balaban J connectivity index is 0.00000320. The lowest BCUT2D eigenvalue weighted by Crippen LogP contribution is -2.48. The van der Waals surface area contributed by atoms with E-state index in [1.54, 1.807) is 7.05 Å². The fraction of sp³-hybridized carbons (Fsp3) is 0.545. The second-order valence-electron chi connectivity index (χ2n) is 7.45. The zero-order valence-electron chi connectivity index (χ0n) is 18.1. The minimum absolute atomic E-state index is 0. The molecule has 1 heterocycles. The molecule has 0 spiro atoms. The van der Waals surface area contributed by atoms with E-state index in [4.69, 9.17) is 4.74 Å².